The summed E-state index contributed by atoms with van der Waals surface area (Å²) in [5, 5.41) is 17.1. The van der Waals surface area contributed by atoms with Crippen molar-refractivity contribution in [2.24, 2.45) is 7.05 Å². The minimum absolute atomic E-state index is 0.343. The third kappa shape index (κ3) is 8.83. The van der Waals surface area contributed by atoms with Crippen LogP contribution in [0.1, 0.15) is 25.5 Å². The molecule has 0 aliphatic rings. The van der Waals surface area contributed by atoms with Gasteiger partial charge in [-0.25, -0.2) is 0 Å². The molecule has 1 unspecified atom stereocenters. The van der Waals surface area contributed by atoms with Crippen molar-refractivity contribution >= 4 is 0 Å². The molecule has 1 rings (SSSR count). The van der Waals surface area contributed by atoms with Crippen LogP contribution in [0.15, 0.2) is 12.3 Å². The van der Waals surface area contributed by atoms with Gasteiger partial charge in [-0.1, -0.05) is 13.3 Å². The van der Waals surface area contributed by atoms with E-state index in [4.69, 9.17) is 9.47 Å². The average molecular weight is 299 g/mol. The summed E-state index contributed by atoms with van der Waals surface area (Å²) in [6.45, 7) is 5.76. The van der Waals surface area contributed by atoms with Gasteiger partial charge in [0, 0.05) is 45.1 Å². The highest BCUT2D eigenvalue weighted by atomic mass is 16.5. The van der Waals surface area contributed by atoms with Crippen molar-refractivity contribution in [1.82, 2.24) is 15.1 Å². The number of aryl methyl sites for hydroxylation is 1. The lowest BCUT2D eigenvalue weighted by molar-refractivity contribution is 0.00400. The lowest BCUT2D eigenvalue weighted by Gasteiger charge is -2.12. The van der Waals surface area contributed by atoms with Gasteiger partial charge >= 0.3 is 0 Å². The van der Waals surface area contributed by atoms with Crippen LogP contribution in [-0.2, 0) is 22.9 Å². The van der Waals surface area contributed by atoms with Crippen molar-refractivity contribution in [2.45, 2.75) is 32.3 Å². The van der Waals surface area contributed by atoms with E-state index in [0.29, 0.717) is 26.4 Å². The minimum atomic E-state index is -0.479. The van der Waals surface area contributed by atoms with E-state index >= 15 is 0 Å². The largest absolute Gasteiger partial charge is 0.389 e. The second-order valence-corrected chi connectivity index (χ2v) is 5.09. The van der Waals surface area contributed by atoms with E-state index in [9.17, 15) is 5.11 Å². The van der Waals surface area contributed by atoms with Crippen LogP contribution in [-0.4, -0.2) is 60.5 Å². The monoisotopic (exact) mass is 299 g/mol. The Morgan fingerprint density at radius 2 is 2.14 bits per heavy atom. The summed E-state index contributed by atoms with van der Waals surface area (Å²) >= 11 is 0. The van der Waals surface area contributed by atoms with Gasteiger partial charge in [-0.2, -0.15) is 5.10 Å². The molecule has 1 heterocycles. The van der Waals surface area contributed by atoms with Crippen LogP contribution >= 0.6 is 0 Å². The normalized spacial score (nSPS) is 12.7. The Morgan fingerprint density at radius 3 is 2.86 bits per heavy atom. The number of rotatable bonds is 13. The number of ether oxygens (including phenoxy) is 2. The van der Waals surface area contributed by atoms with Crippen molar-refractivity contribution < 1.29 is 14.6 Å². The standard InChI is InChI=1S/C15H29N3O3/c1-3-4-9-20-10-11-21-13-15(19)12-16-7-5-14-6-8-17-18(14)2/h6,8,15-16,19H,3-5,7,9-13H2,1-2H3. The Balaban J connectivity index is 1.89. The fourth-order valence-electron chi connectivity index (χ4n) is 1.88. The van der Waals surface area contributed by atoms with E-state index in [1.165, 1.54) is 5.69 Å². The van der Waals surface area contributed by atoms with Crippen molar-refractivity contribution in [3.05, 3.63) is 18.0 Å². The minimum Gasteiger partial charge on any atom is -0.389 e. The molecule has 0 amide bonds. The first-order chi connectivity index (χ1) is 10.2. The fourth-order valence-corrected chi connectivity index (χ4v) is 1.88. The molecule has 122 valence electrons. The van der Waals surface area contributed by atoms with Crippen LogP contribution < -0.4 is 5.32 Å². The van der Waals surface area contributed by atoms with Crippen LogP contribution in [0.4, 0.5) is 0 Å². The maximum atomic E-state index is 9.76. The van der Waals surface area contributed by atoms with Crippen LogP contribution in [0.5, 0.6) is 0 Å². The molecule has 0 saturated heterocycles. The molecule has 0 bridgehead atoms. The third-order valence-corrected chi connectivity index (χ3v) is 3.18. The van der Waals surface area contributed by atoms with E-state index < -0.39 is 6.10 Å². The number of unbranched alkanes of at least 4 members (excludes halogenated alkanes) is 1. The molecule has 2 N–H and O–H groups in total. The molecule has 1 aromatic heterocycles. The summed E-state index contributed by atoms with van der Waals surface area (Å²) < 4.78 is 12.6. The van der Waals surface area contributed by atoms with Gasteiger partial charge in [-0.15, -0.1) is 0 Å². The van der Waals surface area contributed by atoms with Gasteiger partial charge in [0.1, 0.15) is 0 Å². The summed E-state index contributed by atoms with van der Waals surface area (Å²) in [4.78, 5) is 0. The second-order valence-electron chi connectivity index (χ2n) is 5.09. The highest BCUT2D eigenvalue weighted by Gasteiger charge is 2.04. The van der Waals surface area contributed by atoms with E-state index in [1.54, 1.807) is 6.20 Å². The van der Waals surface area contributed by atoms with Crippen LogP contribution in [0.25, 0.3) is 0 Å². The van der Waals surface area contributed by atoms with Crippen LogP contribution in [0, 0.1) is 0 Å². The van der Waals surface area contributed by atoms with Gasteiger partial charge in [0.25, 0.3) is 0 Å². The maximum Gasteiger partial charge on any atom is 0.0897 e. The molecule has 0 fully saturated rings. The zero-order valence-electron chi connectivity index (χ0n) is 13.3. The summed E-state index contributed by atoms with van der Waals surface area (Å²) in [6, 6.07) is 2.00. The molecule has 1 aromatic rings. The first-order valence-corrected chi connectivity index (χ1v) is 7.75. The van der Waals surface area contributed by atoms with E-state index in [-0.39, 0.29) is 0 Å². The number of hydrogen-bond acceptors (Lipinski definition) is 5. The number of hydrogen-bond donors (Lipinski definition) is 2. The molecular weight excluding hydrogens is 270 g/mol. The molecule has 21 heavy (non-hydrogen) atoms. The van der Waals surface area contributed by atoms with E-state index in [1.807, 2.05) is 17.8 Å². The topological polar surface area (TPSA) is 68.5 Å². The fraction of sp³-hybridized carbons (Fsp3) is 0.800. The molecule has 0 saturated carbocycles. The summed E-state index contributed by atoms with van der Waals surface area (Å²) in [5.74, 6) is 0. The van der Waals surface area contributed by atoms with Gasteiger partial charge in [-0.05, 0) is 12.5 Å². The summed E-state index contributed by atoms with van der Waals surface area (Å²) in [5.41, 5.74) is 1.18. The molecule has 0 radical (unpaired) electrons. The number of nitrogens with zero attached hydrogens (tertiary/aromatic N) is 2. The van der Waals surface area contributed by atoms with Crippen LogP contribution in [0.3, 0.4) is 0 Å². The predicted molar refractivity (Wildman–Crippen MR) is 82.3 cm³/mol. The smallest absolute Gasteiger partial charge is 0.0897 e. The predicted octanol–water partition coefficient (Wildman–Crippen LogP) is 0.746. The molecule has 0 spiro atoms. The van der Waals surface area contributed by atoms with Crippen molar-refractivity contribution in [3.63, 3.8) is 0 Å². The number of aromatic nitrogens is 2. The lowest BCUT2D eigenvalue weighted by Crippen LogP contribution is -2.32. The first-order valence-electron chi connectivity index (χ1n) is 7.75. The molecule has 0 aromatic carbocycles. The molecular formula is C15H29N3O3. The number of aliphatic hydroxyl groups is 1. The Labute approximate surface area is 127 Å². The maximum absolute atomic E-state index is 9.76. The summed E-state index contributed by atoms with van der Waals surface area (Å²) in [6.07, 6.45) is 4.44. The SMILES string of the molecule is CCCCOCCOCC(O)CNCCc1ccnn1C. The first kappa shape index (κ1) is 18.1. The van der Waals surface area contributed by atoms with Gasteiger partial charge < -0.3 is 19.9 Å². The zero-order valence-corrected chi connectivity index (χ0v) is 13.3. The average Bonchev–Trinajstić information content (AvgIpc) is 2.88. The number of nitrogens with one attached hydrogen (secondary N) is 1. The molecule has 0 aliphatic heterocycles. The molecule has 6 heteroatoms. The van der Waals surface area contributed by atoms with Gasteiger partial charge in [-0.3, -0.25) is 4.68 Å². The van der Waals surface area contributed by atoms with E-state index in [2.05, 4.69) is 17.3 Å². The second kappa shape index (κ2) is 11.7. The van der Waals surface area contributed by atoms with Gasteiger partial charge in [0.15, 0.2) is 0 Å². The summed E-state index contributed by atoms with van der Waals surface area (Å²) in [7, 11) is 1.93. The van der Waals surface area contributed by atoms with Crippen molar-refractivity contribution in [1.29, 1.82) is 0 Å². The molecule has 0 aliphatic carbocycles. The Kier molecular flexibility index (Phi) is 10.1. The molecule has 6 nitrogen and oxygen atoms in total. The van der Waals surface area contributed by atoms with Gasteiger partial charge in [0.2, 0.25) is 0 Å². The van der Waals surface area contributed by atoms with Crippen molar-refractivity contribution in [3.8, 4) is 0 Å². The van der Waals surface area contributed by atoms with E-state index in [0.717, 1.165) is 32.4 Å². The third-order valence-electron chi connectivity index (χ3n) is 3.18. The highest BCUT2D eigenvalue weighted by molar-refractivity contribution is 5.00. The van der Waals surface area contributed by atoms with Crippen molar-refractivity contribution in [2.75, 3.05) is 39.5 Å². The van der Waals surface area contributed by atoms with Crippen LogP contribution in [0.2, 0.25) is 0 Å². The Bertz CT molecular complexity index is 358. The Morgan fingerprint density at radius 1 is 1.33 bits per heavy atom. The Hall–Kier alpha value is -0.950. The lowest BCUT2D eigenvalue weighted by atomic mass is 10.3. The molecule has 1 atom stereocenters. The highest BCUT2D eigenvalue weighted by Crippen LogP contribution is 1.96. The zero-order chi connectivity index (χ0) is 15.3. The van der Waals surface area contributed by atoms with Gasteiger partial charge in [0.05, 0.1) is 25.9 Å². The quantitative estimate of drug-likeness (QED) is 0.526. The number of aliphatic hydroxyl groups excluding tert-OH is 1.